The number of nitrogens with zero attached hydrogens (tertiary/aromatic N) is 3. The van der Waals surface area contributed by atoms with E-state index >= 15 is 0 Å². The van der Waals surface area contributed by atoms with Crippen molar-refractivity contribution in [2.75, 3.05) is 13.1 Å². The van der Waals surface area contributed by atoms with Crippen LogP contribution in [-0.4, -0.2) is 34.1 Å². The van der Waals surface area contributed by atoms with Crippen LogP contribution in [0.2, 0.25) is 0 Å². The molecule has 2 N–H and O–H groups in total. The molecule has 2 aromatic heterocycles. The van der Waals surface area contributed by atoms with Crippen molar-refractivity contribution >= 4 is 5.91 Å². The van der Waals surface area contributed by atoms with Crippen LogP contribution in [0.5, 0.6) is 0 Å². The van der Waals surface area contributed by atoms with Gasteiger partial charge in [-0.25, -0.2) is 0 Å². The quantitative estimate of drug-likeness (QED) is 0.871. The largest absolute Gasteiger partial charge is 0.344 e. The summed E-state index contributed by atoms with van der Waals surface area (Å²) in [5.74, 6) is 1.19. The third kappa shape index (κ3) is 3.79. The van der Waals surface area contributed by atoms with E-state index in [2.05, 4.69) is 25.8 Å². The molecule has 128 valence electrons. The maximum absolute atomic E-state index is 12.5. The molecule has 1 atom stereocenters. The minimum absolute atomic E-state index is 0.0493. The first-order valence-electron chi connectivity index (χ1n) is 8.40. The van der Waals surface area contributed by atoms with E-state index in [9.17, 15) is 4.79 Å². The van der Waals surface area contributed by atoms with Crippen molar-refractivity contribution in [3.63, 3.8) is 0 Å². The van der Waals surface area contributed by atoms with Gasteiger partial charge in [0.2, 0.25) is 17.6 Å². The summed E-state index contributed by atoms with van der Waals surface area (Å²) in [6, 6.07) is 3.41. The Labute approximate surface area is 141 Å². The molecule has 7 nitrogen and oxygen atoms in total. The molecule has 0 aliphatic carbocycles. The summed E-state index contributed by atoms with van der Waals surface area (Å²) in [4.78, 5) is 21.0. The van der Waals surface area contributed by atoms with Crippen LogP contribution in [0.4, 0.5) is 0 Å². The molecule has 2 aromatic rings. The number of aromatic nitrogens is 3. The van der Waals surface area contributed by atoms with Crippen molar-refractivity contribution in [3.05, 3.63) is 30.4 Å². The lowest BCUT2D eigenvalue weighted by molar-refractivity contribution is -0.127. The monoisotopic (exact) mass is 329 g/mol. The molecule has 0 saturated carbocycles. The fourth-order valence-electron chi connectivity index (χ4n) is 2.84. The van der Waals surface area contributed by atoms with Crippen LogP contribution in [0.1, 0.15) is 38.6 Å². The highest BCUT2D eigenvalue weighted by atomic mass is 16.5. The van der Waals surface area contributed by atoms with Gasteiger partial charge in [-0.3, -0.25) is 9.78 Å². The zero-order valence-electron chi connectivity index (χ0n) is 14.0. The van der Waals surface area contributed by atoms with Gasteiger partial charge in [0.1, 0.15) is 6.04 Å². The molecule has 0 spiro atoms. The zero-order valence-corrected chi connectivity index (χ0v) is 14.0. The molecule has 0 radical (unpaired) electrons. The number of carbonyl (C=O) groups is 1. The van der Waals surface area contributed by atoms with Crippen molar-refractivity contribution in [1.82, 2.24) is 25.8 Å². The summed E-state index contributed by atoms with van der Waals surface area (Å²) >= 11 is 0. The van der Waals surface area contributed by atoms with Crippen LogP contribution < -0.4 is 10.6 Å². The Balaban J connectivity index is 1.74. The lowest BCUT2D eigenvalue weighted by Gasteiger charge is -2.25. The smallest absolute Gasteiger partial charge is 0.249 e. The molecule has 7 heteroatoms. The van der Waals surface area contributed by atoms with Gasteiger partial charge in [-0.2, -0.15) is 4.98 Å². The first-order chi connectivity index (χ1) is 11.6. The second kappa shape index (κ2) is 7.53. The molecule has 1 unspecified atom stereocenters. The molecule has 24 heavy (non-hydrogen) atoms. The van der Waals surface area contributed by atoms with Gasteiger partial charge in [0.05, 0.1) is 0 Å². The first kappa shape index (κ1) is 16.6. The van der Waals surface area contributed by atoms with Gasteiger partial charge in [0.15, 0.2) is 0 Å². The Morgan fingerprint density at radius 1 is 1.38 bits per heavy atom. The summed E-state index contributed by atoms with van der Waals surface area (Å²) in [6.07, 6.45) is 5.11. The van der Waals surface area contributed by atoms with E-state index in [-0.39, 0.29) is 23.8 Å². The van der Waals surface area contributed by atoms with Crippen molar-refractivity contribution in [2.45, 2.75) is 32.7 Å². The van der Waals surface area contributed by atoms with Crippen molar-refractivity contribution in [1.29, 1.82) is 0 Å². The number of nitrogens with one attached hydrogen (secondary N) is 2. The van der Waals surface area contributed by atoms with Gasteiger partial charge in [0.25, 0.3) is 0 Å². The Morgan fingerprint density at radius 2 is 2.17 bits per heavy atom. The Morgan fingerprint density at radius 3 is 2.83 bits per heavy atom. The maximum atomic E-state index is 12.5. The molecule has 1 saturated heterocycles. The highest BCUT2D eigenvalue weighted by molar-refractivity contribution is 5.79. The lowest BCUT2D eigenvalue weighted by Crippen LogP contribution is -2.41. The maximum Gasteiger partial charge on any atom is 0.249 e. The van der Waals surface area contributed by atoms with Gasteiger partial charge in [-0.05, 0) is 44.0 Å². The number of piperidine rings is 1. The molecule has 0 aromatic carbocycles. The van der Waals surface area contributed by atoms with Crippen molar-refractivity contribution < 1.29 is 9.32 Å². The van der Waals surface area contributed by atoms with E-state index < -0.39 is 0 Å². The van der Waals surface area contributed by atoms with Gasteiger partial charge in [0, 0.05) is 23.9 Å². The van der Waals surface area contributed by atoms with Gasteiger partial charge >= 0.3 is 0 Å². The Hall–Kier alpha value is -2.28. The number of carbonyl (C=O) groups excluding carboxylic acids is 1. The number of rotatable bonds is 5. The van der Waals surface area contributed by atoms with E-state index in [0.717, 1.165) is 31.5 Å². The van der Waals surface area contributed by atoms with Crippen LogP contribution >= 0.6 is 0 Å². The predicted molar refractivity (Wildman–Crippen MR) is 88.8 cm³/mol. The molecular weight excluding hydrogens is 306 g/mol. The van der Waals surface area contributed by atoms with Crippen LogP contribution in [-0.2, 0) is 4.79 Å². The summed E-state index contributed by atoms with van der Waals surface area (Å²) in [5.41, 5.74) is 0.791. The first-order valence-corrected chi connectivity index (χ1v) is 8.40. The summed E-state index contributed by atoms with van der Waals surface area (Å²) in [6.45, 7) is 5.83. The highest BCUT2D eigenvalue weighted by Gasteiger charge is 2.28. The molecule has 3 heterocycles. The fraction of sp³-hybridized carbons (Fsp3) is 0.529. The molecule has 1 aliphatic rings. The van der Waals surface area contributed by atoms with E-state index in [0.29, 0.717) is 11.7 Å². The van der Waals surface area contributed by atoms with Gasteiger partial charge in [-0.15, -0.1) is 0 Å². The van der Waals surface area contributed by atoms with Crippen LogP contribution in [0, 0.1) is 11.8 Å². The number of hydrogen-bond acceptors (Lipinski definition) is 6. The number of amides is 1. The SMILES string of the molecule is CC(C)C(NC(=O)C1CCNCC1)c1nc(-c2cccnc2)no1. The topological polar surface area (TPSA) is 92.9 Å². The van der Waals surface area contributed by atoms with E-state index in [1.807, 2.05) is 26.0 Å². The van der Waals surface area contributed by atoms with Crippen LogP contribution in [0.3, 0.4) is 0 Å². The van der Waals surface area contributed by atoms with Crippen LogP contribution in [0.25, 0.3) is 11.4 Å². The minimum Gasteiger partial charge on any atom is -0.344 e. The Kier molecular flexibility index (Phi) is 5.20. The highest BCUT2D eigenvalue weighted by Crippen LogP contribution is 2.24. The van der Waals surface area contributed by atoms with Crippen LogP contribution in [0.15, 0.2) is 29.0 Å². The average Bonchev–Trinajstić information content (AvgIpc) is 3.10. The molecular formula is C17H23N5O2. The molecule has 1 fully saturated rings. The van der Waals surface area contributed by atoms with E-state index in [4.69, 9.17) is 4.52 Å². The lowest BCUT2D eigenvalue weighted by atomic mass is 9.95. The summed E-state index contributed by atoms with van der Waals surface area (Å²) < 4.78 is 5.41. The molecule has 1 amide bonds. The molecule has 0 bridgehead atoms. The van der Waals surface area contributed by atoms with E-state index in [1.54, 1.807) is 12.4 Å². The second-order valence-electron chi connectivity index (χ2n) is 6.45. The third-order valence-electron chi connectivity index (χ3n) is 4.30. The molecule has 1 aliphatic heterocycles. The minimum atomic E-state index is -0.287. The average molecular weight is 329 g/mol. The normalized spacial score (nSPS) is 17.0. The predicted octanol–water partition coefficient (Wildman–Crippen LogP) is 1.94. The third-order valence-corrected chi connectivity index (χ3v) is 4.30. The summed E-state index contributed by atoms with van der Waals surface area (Å²) in [5, 5.41) is 10.4. The van der Waals surface area contributed by atoms with Gasteiger partial charge < -0.3 is 15.2 Å². The van der Waals surface area contributed by atoms with E-state index in [1.165, 1.54) is 0 Å². The fourth-order valence-corrected chi connectivity index (χ4v) is 2.84. The van der Waals surface area contributed by atoms with Crippen molar-refractivity contribution in [2.24, 2.45) is 11.8 Å². The van der Waals surface area contributed by atoms with Gasteiger partial charge in [-0.1, -0.05) is 19.0 Å². The Bertz CT molecular complexity index is 665. The van der Waals surface area contributed by atoms with Crippen molar-refractivity contribution in [3.8, 4) is 11.4 Å². The zero-order chi connectivity index (χ0) is 16.9. The molecule has 3 rings (SSSR count). The summed E-state index contributed by atoms with van der Waals surface area (Å²) in [7, 11) is 0. The number of hydrogen-bond donors (Lipinski definition) is 2. The number of pyridine rings is 1. The standard InChI is InChI=1S/C17H23N5O2/c1-11(2)14(20-16(23)12-5-8-18-9-6-12)17-21-15(22-24-17)13-4-3-7-19-10-13/h3-4,7,10-12,14,18H,5-6,8-9H2,1-2H3,(H,20,23). The second-order valence-corrected chi connectivity index (χ2v) is 6.45.